The van der Waals surface area contributed by atoms with E-state index in [1.54, 1.807) is 0 Å². The number of benzene rings is 1. The van der Waals surface area contributed by atoms with Crippen LogP contribution in [0.3, 0.4) is 0 Å². The zero-order valence-electron chi connectivity index (χ0n) is 10.7. The van der Waals surface area contributed by atoms with Crippen LogP contribution in [0, 0.1) is 0 Å². The molecule has 3 heteroatoms. The van der Waals surface area contributed by atoms with E-state index in [4.69, 9.17) is 0 Å². The van der Waals surface area contributed by atoms with Crippen molar-refractivity contribution in [2.24, 2.45) is 0 Å². The van der Waals surface area contributed by atoms with E-state index >= 15 is 0 Å². The fourth-order valence-electron chi connectivity index (χ4n) is 2.94. The van der Waals surface area contributed by atoms with Gasteiger partial charge in [-0.05, 0) is 25.0 Å². The molecule has 3 rings (SSSR count). The molecular formula is C15H18N2O. The Morgan fingerprint density at radius 2 is 2.11 bits per heavy atom. The second-order valence-electron chi connectivity index (χ2n) is 5.30. The Morgan fingerprint density at radius 1 is 1.39 bits per heavy atom. The first-order valence-electron chi connectivity index (χ1n) is 6.41. The van der Waals surface area contributed by atoms with Crippen molar-refractivity contribution in [3.8, 4) is 0 Å². The summed E-state index contributed by atoms with van der Waals surface area (Å²) in [5.74, 6) is 0.128. The Bertz CT molecular complexity index is 505. The van der Waals surface area contributed by atoms with Crippen molar-refractivity contribution in [2.75, 3.05) is 25.0 Å². The number of hydrogen-bond donors (Lipinski definition) is 0. The van der Waals surface area contributed by atoms with Crippen LogP contribution in [-0.4, -0.2) is 36.5 Å². The van der Waals surface area contributed by atoms with Gasteiger partial charge in [-0.25, -0.2) is 0 Å². The molecule has 1 aliphatic heterocycles. The average molecular weight is 242 g/mol. The molecule has 0 N–H and O–H groups in total. The minimum Gasteiger partial charge on any atom is -0.360 e. The number of anilines is 1. The SMILES string of the molecule is C=CCN1c2ccccc2C(=O)N(C)CC12CC2. The summed E-state index contributed by atoms with van der Waals surface area (Å²) in [6, 6.07) is 7.91. The second kappa shape index (κ2) is 3.87. The third kappa shape index (κ3) is 1.54. The Kier molecular flexibility index (Phi) is 2.44. The number of amides is 1. The molecule has 1 heterocycles. The molecule has 3 nitrogen and oxygen atoms in total. The molecule has 18 heavy (non-hydrogen) atoms. The Morgan fingerprint density at radius 3 is 2.78 bits per heavy atom. The van der Waals surface area contributed by atoms with Crippen LogP contribution in [0.15, 0.2) is 36.9 Å². The largest absolute Gasteiger partial charge is 0.360 e. The molecule has 1 saturated carbocycles. The van der Waals surface area contributed by atoms with Gasteiger partial charge < -0.3 is 9.80 Å². The number of para-hydroxylation sites is 1. The average Bonchev–Trinajstić information content (AvgIpc) is 3.15. The lowest BCUT2D eigenvalue weighted by atomic mass is 10.1. The van der Waals surface area contributed by atoms with Crippen molar-refractivity contribution < 1.29 is 4.79 Å². The Hall–Kier alpha value is -1.77. The van der Waals surface area contributed by atoms with Gasteiger partial charge in [-0.15, -0.1) is 6.58 Å². The van der Waals surface area contributed by atoms with E-state index in [1.807, 2.05) is 36.2 Å². The van der Waals surface area contributed by atoms with Crippen LogP contribution in [0.2, 0.25) is 0 Å². The number of carbonyl (C=O) groups excluding carboxylic acids is 1. The minimum atomic E-state index is 0.128. The number of rotatable bonds is 2. The van der Waals surface area contributed by atoms with Crippen LogP contribution >= 0.6 is 0 Å². The number of fused-ring (bicyclic) bond motifs is 1. The summed E-state index contributed by atoms with van der Waals surface area (Å²) in [5.41, 5.74) is 2.01. The number of carbonyl (C=O) groups is 1. The fourth-order valence-corrected chi connectivity index (χ4v) is 2.94. The van der Waals surface area contributed by atoms with Gasteiger partial charge in [0.05, 0.1) is 16.8 Å². The third-order valence-corrected chi connectivity index (χ3v) is 4.01. The van der Waals surface area contributed by atoms with Crippen molar-refractivity contribution >= 4 is 11.6 Å². The maximum Gasteiger partial charge on any atom is 0.255 e. The van der Waals surface area contributed by atoms with E-state index < -0.39 is 0 Å². The van der Waals surface area contributed by atoms with Gasteiger partial charge in [-0.1, -0.05) is 18.2 Å². The molecule has 1 aliphatic carbocycles. The normalized spacial score (nSPS) is 20.6. The van der Waals surface area contributed by atoms with E-state index in [-0.39, 0.29) is 11.4 Å². The van der Waals surface area contributed by atoms with Crippen molar-refractivity contribution in [3.05, 3.63) is 42.5 Å². The lowest BCUT2D eigenvalue weighted by Gasteiger charge is -2.32. The summed E-state index contributed by atoms with van der Waals surface area (Å²) in [7, 11) is 1.90. The molecule has 94 valence electrons. The first-order chi connectivity index (χ1) is 8.68. The number of likely N-dealkylation sites (N-methyl/N-ethyl adjacent to an activating group) is 1. The molecule has 0 atom stereocenters. The van der Waals surface area contributed by atoms with Crippen LogP contribution in [0.4, 0.5) is 5.69 Å². The summed E-state index contributed by atoms with van der Waals surface area (Å²) in [4.78, 5) is 16.6. The second-order valence-corrected chi connectivity index (χ2v) is 5.30. The minimum absolute atomic E-state index is 0.128. The molecule has 0 bridgehead atoms. The molecule has 1 fully saturated rings. The molecule has 1 spiro atoms. The molecule has 0 saturated heterocycles. The number of nitrogens with zero attached hydrogens (tertiary/aromatic N) is 2. The van der Waals surface area contributed by atoms with E-state index in [0.29, 0.717) is 0 Å². The van der Waals surface area contributed by atoms with Crippen LogP contribution in [0.5, 0.6) is 0 Å². The zero-order valence-corrected chi connectivity index (χ0v) is 10.7. The molecule has 2 aliphatic rings. The summed E-state index contributed by atoms with van der Waals surface area (Å²) in [5, 5.41) is 0. The molecule has 0 radical (unpaired) electrons. The van der Waals surface area contributed by atoms with Gasteiger partial charge in [0.15, 0.2) is 0 Å². The highest BCUT2D eigenvalue weighted by atomic mass is 16.2. The van der Waals surface area contributed by atoms with Gasteiger partial charge in [-0.3, -0.25) is 4.79 Å². The lowest BCUT2D eigenvalue weighted by molar-refractivity contribution is 0.0790. The predicted octanol–water partition coefficient (Wildman–Crippen LogP) is 2.30. The summed E-state index contributed by atoms with van der Waals surface area (Å²) in [6.45, 7) is 5.47. The molecule has 0 aromatic heterocycles. The molecule has 1 aromatic carbocycles. The molecular weight excluding hydrogens is 224 g/mol. The first-order valence-corrected chi connectivity index (χ1v) is 6.41. The van der Waals surface area contributed by atoms with E-state index in [0.717, 1.165) is 37.2 Å². The summed E-state index contributed by atoms with van der Waals surface area (Å²) >= 11 is 0. The highest BCUT2D eigenvalue weighted by Crippen LogP contribution is 2.47. The first kappa shape index (κ1) is 11.3. The van der Waals surface area contributed by atoms with Crippen LogP contribution in [-0.2, 0) is 0 Å². The van der Waals surface area contributed by atoms with Gasteiger partial charge in [0.1, 0.15) is 0 Å². The third-order valence-electron chi connectivity index (χ3n) is 4.01. The van der Waals surface area contributed by atoms with Gasteiger partial charge in [0.25, 0.3) is 5.91 Å². The predicted molar refractivity (Wildman–Crippen MR) is 72.9 cm³/mol. The summed E-state index contributed by atoms with van der Waals surface area (Å²) in [6.07, 6.45) is 4.24. The standard InChI is InChI=1S/C15H18N2O/c1-3-10-17-13-7-5-4-6-12(13)14(18)16(2)11-15(17)8-9-15/h3-7H,1,8-11H2,2H3. The van der Waals surface area contributed by atoms with Crippen molar-refractivity contribution in [2.45, 2.75) is 18.4 Å². The van der Waals surface area contributed by atoms with E-state index in [2.05, 4.69) is 17.5 Å². The van der Waals surface area contributed by atoms with Crippen molar-refractivity contribution in [1.29, 1.82) is 0 Å². The lowest BCUT2D eigenvalue weighted by Crippen LogP contribution is -2.44. The zero-order chi connectivity index (χ0) is 12.8. The smallest absolute Gasteiger partial charge is 0.255 e. The fraction of sp³-hybridized carbons (Fsp3) is 0.400. The topological polar surface area (TPSA) is 23.6 Å². The maximum atomic E-state index is 12.4. The van der Waals surface area contributed by atoms with E-state index in [9.17, 15) is 4.79 Å². The van der Waals surface area contributed by atoms with Crippen molar-refractivity contribution in [3.63, 3.8) is 0 Å². The summed E-state index contributed by atoms with van der Waals surface area (Å²) < 4.78 is 0. The number of hydrogen-bond acceptors (Lipinski definition) is 2. The monoisotopic (exact) mass is 242 g/mol. The Labute approximate surface area is 108 Å². The van der Waals surface area contributed by atoms with Gasteiger partial charge in [0.2, 0.25) is 0 Å². The van der Waals surface area contributed by atoms with E-state index in [1.165, 1.54) is 0 Å². The molecule has 1 amide bonds. The Balaban J connectivity index is 2.14. The van der Waals surface area contributed by atoms with Gasteiger partial charge in [-0.2, -0.15) is 0 Å². The molecule has 1 aromatic rings. The highest BCUT2D eigenvalue weighted by molar-refractivity contribution is 6.00. The maximum absolute atomic E-state index is 12.4. The quantitative estimate of drug-likeness (QED) is 0.743. The molecule has 0 unspecified atom stereocenters. The van der Waals surface area contributed by atoms with Crippen LogP contribution < -0.4 is 4.90 Å². The van der Waals surface area contributed by atoms with Crippen molar-refractivity contribution in [1.82, 2.24) is 4.90 Å². The van der Waals surface area contributed by atoms with Gasteiger partial charge in [0, 0.05) is 20.1 Å². The highest BCUT2D eigenvalue weighted by Gasteiger charge is 2.51. The van der Waals surface area contributed by atoms with Gasteiger partial charge >= 0.3 is 0 Å². The van der Waals surface area contributed by atoms with Crippen LogP contribution in [0.1, 0.15) is 23.2 Å². The van der Waals surface area contributed by atoms with Crippen LogP contribution in [0.25, 0.3) is 0 Å².